The molecule has 0 bridgehead atoms. The first-order valence-electron chi connectivity index (χ1n) is 7.13. The fourth-order valence-electron chi connectivity index (χ4n) is 2.23. The van der Waals surface area contributed by atoms with Gasteiger partial charge in [0.15, 0.2) is 5.82 Å². The summed E-state index contributed by atoms with van der Waals surface area (Å²) in [5.41, 5.74) is 3.11. The van der Waals surface area contributed by atoms with E-state index < -0.39 is 5.97 Å². The van der Waals surface area contributed by atoms with Crippen LogP contribution in [0.3, 0.4) is 0 Å². The highest BCUT2D eigenvalue weighted by Crippen LogP contribution is 2.21. The number of hydrogen-bond acceptors (Lipinski definition) is 4. The zero-order valence-electron chi connectivity index (χ0n) is 12.5. The number of nitrogens with one attached hydrogen (secondary N) is 1. The van der Waals surface area contributed by atoms with Crippen LogP contribution in [-0.4, -0.2) is 21.0 Å². The van der Waals surface area contributed by atoms with Crippen LogP contribution in [0, 0.1) is 6.92 Å². The fraction of sp³-hybridized carbons (Fsp3) is 0.0556. The second-order valence-corrected chi connectivity index (χ2v) is 5.09. The van der Waals surface area contributed by atoms with Gasteiger partial charge in [0.05, 0.1) is 5.56 Å². The molecule has 0 unspecified atom stereocenters. The number of carboxylic acid groups (broad SMARTS) is 1. The van der Waals surface area contributed by atoms with Crippen molar-refractivity contribution in [2.24, 2.45) is 0 Å². The molecule has 23 heavy (non-hydrogen) atoms. The molecule has 0 fully saturated rings. The number of carbonyl (C=O) groups is 1. The largest absolute Gasteiger partial charge is 0.478 e. The van der Waals surface area contributed by atoms with E-state index in [4.69, 9.17) is 5.11 Å². The van der Waals surface area contributed by atoms with E-state index in [-0.39, 0.29) is 5.56 Å². The summed E-state index contributed by atoms with van der Waals surface area (Å²) in [6, 6.07) is 16.2. The standard InChI is InChI=1S/C18H15N3O2/c1-12-4-2-3-5-15(12)17-19-11-10-16(21-17)20-14-8-6-13(7-9-14)18(22)23/h2-11H,1H3,(H,22,23)(H,19,20,21). The van der Waals surface area contributed by atoms with Crippen LogP contribution in [-0.2, 0) is 0 Å². The Hall–Kier alpha value is -3.21. The summed E-state index contributed by atoms with van der Waals surface area (Å²) in [4.78, 5) is 19.7. The van der Waals surface area contributed by atoms with Crippen LogP contribution < -0.4 is 5.32 Å². The molecule has 2 aromatic carbocycles. The average molecular weight is 305 g/mol. The molecule has 0 atom stereocenters. The summed E-state index contributed by atoms with van der Waals surface area (Å²) in [5, 5.41) is 12.1. The molecule has 2 N–H and O–H groups in total. The van der Waals surface area contributed by atoms with E-state index >= 15 is 0 Å². The predicted octanol–water partition coefficient (Wildman–Crippen LogP) is 3.89. The van der Waals surface area contributed by atoms with Crippen molar-refractivity contribution in [1.82, 2.24) is 9.97 Å². The second-order valence-electron chi connectivity index (χ2n) is 5.09. The molecule has 114 valence electrons. The van der Waals surface area contributed by atoms with Crippen molar-refractivity contribution in [3.05, 3.63) is 71.9 Å². The Balaban J connectivity index is 1.86. The number of aromatic nitrogens is 2. The number of rotatable bonds is 4. The van der Waals surface area contributed by atoms with Crippen LogP contribution in [0.25, 0.3) is 11.4 Å². The van der Waals surface area contributed by atoms with Gasteiger partial charge >= 0.3 is 5.97 Å². The van der Waals surface area contributed by atoms with Gasteiger partial charge in [0.1, 0.15) is 5.82 Å². The molecule has 0 aliphatic heterocycles. The second kappa shape index (κ2) is 6.27. The molecule has 3 aromatic rings. The topological polar surface area (TPSA) is 75.1 Å². The van der Waals surface area contributed by atoms with E-state index in [9.17, 15) is 4.79 Å². The maximum Gasteiger partial charge on any atom is 0.335 e. The highest BCUT2D eigenvalue weighted by Gasteiger charge is 2.06. The van der Waals surface area contributed by atoms with E-state index in [1.165, 1.54) is 0 Å². The van der Waals surface area contributed by atoms with E-state index in [0.717, 1.165) is 16.8 Å². The van der Waals surface area contributed by atoms with Crippen LogP contribution in [0.15, 0.2) is 60.8 Å². The molecule has 0 aliphatic carbocycles. The molecule has 1 heterocycles. The Labute approximate surface area is 133 Å². The van der Waals surface area contributed by atoms with Gasteiger partial charge in [-0.1, -0.05) is 24.3 Å². The van der Waals surface area contributed by atoms with Crippen LogP contribution in [0.5, 0.6) is 0 Å². The van der Waals surface area contributed by atoms with Crippen molar-refractivity contribution in [2.75, 3.05) is 5.32 Å². The molecule has 0 aliphatic rings. The molecular formula is C18H15N3O2. The van der Waals surface area contributed by atoms with Gasteiger partial charge in [-0.25, -0.2) is 14.8 Å². The van der Waals surface area contributed by atoms with E-state index in [2.05, 4.69) is 15.3 Å². The summed E-state index contributed by atoms with van der Waals surface area (Å²) < 4.78 is 0. The lowest BCUT2D eigenvalue weighted by Crippen LogP contribution is -1.99. The normalized spacial score (nSPS) is 10.3. The molecule has 0 saturated heterocycles. The highest BCUT2D eigenvalue weighted by atomic mass is 16.4. The molecule has 0 spiro atoms. The Bertz CT molecular complexity index is 845. The third kappa shape index (κ3) is 3.35. The number of aromatic carboxylic acids is 1. The molecule has 0 radical (unpaired) electrons. The molecule has 0 saturated carbocycles. The molecule has 5 nitrogen and oxygen atoms in total. The van der Waals surface area contributed by atoms with E-state index in [1.807, 2.05) is 31.2 Å². The Kier molecular flexibility index (Phi) is 4.01. The lowest BCUT2D eigenvalue weighted by molar-refractivity contribution is 0.0697. The van der Waals surface area contributed by atoms with Gasteiger partial charge in [-0.3, -0.25) is 0 Å². The van der Waals surface area contributed by atoms with Crippen molar-refractivity contribution < 1.29 is 9.90 Å². The van der Waals surface area contributed by atoms with Crippen molar-refractivity contribution >= 4 is 17.5 Å². The number of carboxylic acids is 1. The lowest BCUT2D eigenvalue weighted by Gasteiger charge is -2.08. The zero-order chi connectivity index (χ0) is 16.2. The van der Waals surface area contributed by atoms with Gasteiger partial charge < -0.3 is 10.4 Å². The first-order chi connectivity index (χ1) is 11.1. The maximum atomic E-state index is 10.9. The summed E-state index contributed by atoms with van der Waals surface area (Å²) in [7, 11) is 0. The van der Waals surface area contributed by atoms with Crippen LogP contribution in [0.4, 0.5) is 11.5 Å². The number of anilines is 2. The van der Waals surface area contributed by atoms with E-state index in [0.29, 0.717) is 11.6 Å². The monoisotopic (exact) mass is 305 g/mol. The average Bonchev–Trinajstić information content (AvgIpc) is 2.56. The smallest absolute Gasteiger partial charge is 0.335 e. The molecule has 1 aromatic heterocycles. The Morgan fingerprint density at radius 2 is 1.78 bits per heavy atom. The third-order valence-corrected chi connectivity index (χ3v) is 3.45. The first kappa shape index (κ1) is 14.7. The van der Waals surface area contributed by atoms with Gasteiger partial charge in [-0.2, -0.15) is 0 Å². The number of benzene rings is 2. The van der Waals surface area contributed by atoms with Crippen molar-refractivity contribution in [3.63, 3.8) is 0 Å². The SMILES string of the molecule is Cc1ccccc1-c1nccc(Nc2ccc(C(=O)O)cc2)n1. The molecular weight excluding hydrogens is 290 g/mol. The molecule has 3 rings (SSSR count). The van der Waals surface area contributed by atoms with E-state index in [1.54, 1.807) is 36.5 Å². The summed E-state index contributed by atoms with van der Waals surface area (Å²) in [6.45, 7) is 2.02. The van der Waals surface area contributed by atoms with Gasteiger partial charge in [0, 0.05) is 17.4 Å². The number of nitrogens with zero attached hydrogens (tertiary/aromatic N) is 2. The fourth-order valence-corrected chi connectivity index (χ4v) is 2.23. The number of aryl methyl sites for hydroxylation is 1. The summed E-state index contributed by atoms with van der Waals surface area (Å²) >= 11 is 0. The van der Waals surface area contributed by atoms with Gasteiger partial charge in [0.25, 0.3) is 0 Å². The van der Waals surface area contributed by atoms with Crippen LogP contribution in [0.1, 0.15) is 15.9 Å². The predicted molar refractivity (Wildman–Crippen MR) is 88.9 cm³/mol. The first-order valence-corrected chi connectivity index (χ1v) is 7.13. The molecule has 0 amide bonds. The maximum absolute atomic E-state index is 10.9. The highest BCUT2D eigenvalue weighted by molar-refractivity contribution is 5.88. The van der Waals surface area contributed by atoms with Crippen LogP contribution in [0.2, 0.25) is 0 Å². The lowest BCUT2D eigenvalue weighted by atomic mass is 10.1. The van der Waals surface area contributed by atoms with Crippen molar-refractivity contribution in [3.8, 4) is 11.4 Å². The van der Waals surface area contributed by atoms with Crippen LogP contribution >= 0.6 is 0 Å². The Morgan fingerprint density at radius 1 is 1.04 bits per heavy atom. The van der Waals surface area contributed by atoms with Gasteiger partial charge in [0.2, 0.25) is 0 Å². The molecule has 5 heteroatoms. The van der Waals surface area contributed by atoms with Crippen molar-refractivity contribution in [2.45, 2.75) is 6.92 Å². The van der Waals surface area contributed by atoms with Gasteiger partial charge in [-0.05, 0) is 42.8 Å². The zero-order valence-corrected chi connectivity index (χ0v) is 12.5. The quantitative estimate of drug-likeness (QED) is 0.764. The Morgan fingerprint density at radius 3 is 2.48 bits per heavy atom. The summed E-state index contributed by atoms with van der Waals surface area (Å²) in [6.07, 6.45) is 1.70. The summed E-state index contributed by atoms with van der Waals surface area (Å²) in [5.74, 6) is 0.358. The number of hydrogen-bond donors (Lipinski definition) is 2. The third-order valence-electron chi connectivity index (χ3n) is 3.45. The van der Waals surface area contributed by atoms with Crippen molar-refractivity contribution in [1.29, 1.82) is 0 Å². The van der Waals surface area contributed by atoms with Gasteiger partial charge in [-0.15, -0.1) is 0 Å². The minimum atomic E-state index is -0.944. The minimum absolute atomic E-state index is 0.249. The minimum Gasteiger partial charge on any atom is -0.478 e.